The third kappa shape index (κ3) is 8.43. The van der Waals surface area contributed by atoms with Crippen LogP contribution in [0.1, 0.15) is 42.3 Å². The van der Waals surface area contributed by atoms with Crippen molar-refractivity contribution in [2.75, 3.05) is 30.4 Å². The highest BCUT2D eigenvalue weighted by atomic mass is 16.6. The topological polar surface area (TPSA) is 114 Å². The molecule has 204 valence electrons. The molecular formula is C30H33N3O6. The molecule has 0 unspecified atom stereocenters. The van der Waals surface area contributed by atoms with Gasteiger partial charge in [-0.15, -0.1) is 0 Å². The van der Waals surface area contributed by atoms with Crippen LogP contribution in [0.3, 0.4) is 0 Å². The maximum Gasteiger partial charge on any atom is 0.326 e. The maximum absolute atomic E-state index is 13.4. The number of nitrogens with zero attached hydrogens (tertiary/aromatic N) is 1. The van der Waals surface area contributed by atoms with E-state index in [9.17, 15) is 19.2 Å². The van der Waals surface area contributed by atoms with E-state index < -0.39 is 36.6 Å². The number of hydrogen-bond acceptors (Lipinski definition) is 6. The summed E-state index contributed by atoms with van der Waals surface area (Å²) in [6.07, 6.45) is 0. The van der Waals surface area contributed by atoms with E-state index in [1.54, 1.807) is 87.5 Å². The number of esters is 1. The minimum atomic E-state index is -0.782. The monoisotopic (exact) mass is 531 g/mol. The van der Waals surface area contributed by atoms with Gasteiger partial charge in [0.25, 0.3) is 0 Å². The highest BCUT2D eigenvalue weighted by Gasteiger charge is 2.27. The number of hydrogen-bond donors (Lipinski definition) is 2. The molecule has 0 spiro atoms. The van der Waals surface area contributed by atoms with Crippen molar-refractivity contribution in [3.8, 4) is 5.75 Å². The fourth-order valence-corrected chi connectivity index (χ4v) is 3.76. The summed E-state index contributed by atoms with van der Waals surface area (Å²) in [6, 6.07) is 19.7. The van der Waals surface area contributed by atoms with Crippen molar-refractivity contribution >= 4 is 35.1 Å². The first-order valence-electron chi connectivity index (χ1n) is 12.4. The van der Waals surface area contributed by atoms with Crippen LogP contribution in [0.5, 0.6) is 5.75 Å². The summed E-state index contributed by atoms with van der Waals surface area (Å²) in [5.74, 6) is -1.01. The number of amides is 3. The molecule has 3 aromatic rings. The number of nitrogens with one attached hydrogen (secondary N) is 2. The second-order valence-electron chi connectivity index (χ2n) is 9.82. The zero-order valence-electron chi connectivity index (χ0n) is 22.7. The zero-order valence-corrected chi connectivity index (χ0v) is 22.7. The summed E-state index contributed by atoms with van der Waals surface area (Å²) in [7, 11) is 1.53. The van der Waals surface area contributed by atoms with Gasteiger partial charge in [-0.1, -0.05) is 24.3 Å². The highest BCUT2D eigenvalue weighted by Crippen LogP contribution is 2.25. The van der Waals surface area contributed by atoms with E-state index in [0.717, 1.165) is 10.5 Å². The Morgan fingerprint density at radius 2 is 1.59 bits per heavy atom. The van der Waals surface area contributed by atoms with E-state index >= 15 is 0 Å². The number of benzene rings is 3. The van der Waals surface area contributed by atoms with Crippen LogP contribution in [0.4, 0.5) is 16.2 Å². The zero-order chi connectivity index (χ0) is 28.6. The van der Waals surface area contributed by atoms with E-state index in [0.29, 0.717) is 17.0 Å². The molecule has 0 saturated heterocycles. The standard InChI is InChI=1S/C30H33N3O6/c1-20-9-8-10-22(17-20)32-29(37)31-18-26(34)33(19-27(35)39-30(2,3)4)25-12-7-6-11-24(25)28(36)21-13-15-23(38-5)16-14-21/h6-17H,18-19H2,1-5H3,(H2,31,32,37). The fourth-order valence-electron chi connectivity index (χ4n) is 3.76. The Morgan fingerprint density at radius 3 is 2.23 bits per heavy atom. The molecule has 2 N–H and O–H groups in total. The molecule has 3 amide bonds. The number of methoxy groups -OCH3 is 1. The molecule has 0 aromatic heterocycles. The van der Waals surface area contributed by atoms with E-state index in [4.69, 9.17) is 9.47 Å². The molecule has 0 aliphatic carbocycles. The van der Waals surface area contributed by atoms with Crippen molar-refractivity contribution in [3.05, 3.63) is 89.5 Å². The van der Waals surface area contributed by atoms with Gasteiger partial charge < -0.3 is 20.1 Å². The first-order valence-corrected chi connectivity index (χ1v) is 12.4. The number of carbonyl (C=O) groups is 4. The van der Waals surface area contributed by atoms with E-state index in [2.05, 4.69) is 10.6 Å². The number of anilines is 2. The molecule has 0 fully saturated rings. The van der Waals surface area contributed by atoms with Crippen molar-refractivity contribution in [2.24, 2.45) is 0 Å². The van der Waals surface area contributed by atoms with Gasteiger partial charge in [-0.2, -0.15) is 0 Å². The molecule has 0 aliphatic rings. The van der Waals surface area contributed by atoms with Gasteiger partial charge in [0.15, 0.2) is 5.78 Å². The largest absolute Gasteiger partial charge is 0.497 e. The van der Waals surface area contributed by atoms with E-state index in [1.807, 2.05) is 13.0 Å². The van der Waals surface area contributed by atoms with Crippen molar-refractivity contribution in [3.63, 3.8) is 0 Å². The summed E-state index contributed by atoms with van der Waals surface area (Å²) in [5.41, 5.74) is 1.56. The number of para-hydroxylation sites is 1. The van der Waals surface area contributed by atoms with Gasteiger partial charge in [-0.05, 0) is 81.8 Å². The van der Waals surface area contributed by atoms with Gasteiger partial charge in [0, 0.05) is 16.8 Å². The first-order chi connectivity index (χ1) is 18.5. The molecule has 0 aliphatic heterocycles. The van der Waals surface area contributed by atoms with Crippen LogP contribution in [-0.4, -0.2) is 49.5 Å². The molecule has 9 nitrogen and oxygen atoms in total. The van der Waals surface area contributed by atoms with Crippen molar-refractivity contribution in [2.45, 2.75) is 33.3 Å². The number of rotatable bonds is 9. The van der Waals surface area contributed by atoms with Crippen molar-refractivity contribution in [1.29, 1.82) is 0 Å². The Kier molecular flexibility index (Phi) is 9.43. The van der Waals surface area contributed by atoms with Crippen LogP contribution in [-0.2, 0) is 14.3 Å². The molecule has 9 heteroatoms. The normalized spacial score (nSPS) is 10.8. The molecule has 0 atom stereocenters. The second kappa shape index (κ2) is 12.7. The summed E-state index contributed by atoms with van der Waals surface area (Å²) in [5, 5.41) is 5.20. The molecule has 0 bridgehead atoms. The number of aryl methyl sites for hydroxylation is 1. The van der Waals surface area contributed by atoms with Crippen LogP contribution < -0.4 is 20.3 Å². The summed E-state index contributed by atoms with van der Waals surface area (Å²) in [4.78, 5) is 53.2. The Hall–Kier alpha value is -4.66. The van der Waals surface area contributed by atoms with Crippen molar-refractivity contribution < 1.29 is 28.7 Å². The molecule has 3 rings (SSSR count). The van der Waals surface area contributed by atoms with Gasteiger partial charge in [-0.25, -0.2) is 4.79 Å². The first kappa shape index (κ1) is 28.9. The van der Waals surface area contributed by atoms with Gasteiger partial charge in [-0.3, -0.25) is 19.3 Å². The molecule has 0 radical (unpaired) electrons. The van der Waals surface area contributed by atoms with Crippen LogP contribution in [0.15, 0.2) is 72.8 Å². The number of carbonyl (C=O) groups excluding carboxylic acids is 4. The van der Waals surface area contributed by atoms with Gasteiger partial charge in [0.1, 0.15) is 17.9 Å². The third-order valence-corrected chi connectivity index (χ3v) is 5.48. The van der Waals surface area contributed by atoms with Gasteiger partial charge in [0.05, 0.1) is 19.3 Å². The Bertz CT molecular complexity index is 1350. The average Bonchev–Trinajstić information content (AvgIpc) is 2.89. The minimum absolute atomic E-state index is 0.212. The number of ketones is 1. The third-order valence-electron chi connectivity index (χ3n) is 5.48. The fraction of sp³-hybridized carbons (Fsp3) is 0.267. The lowest BCUT2D eigenvalue weighted by Gasteiger charge is -2.27. The summed E-state index contributed by atoms with van der Waals surface area (Å²) < 4.78 is 10.6. The lowest BCUT2D eigenvalue weighted by molar-refractivity contribution is -0.153. The van der Waals surface area contributed by atoms with Crippen LogP contribution in [0.25, 0.3) is 0 Å². The van der Waals surface area contributed by atoms with Crippen LogP contribution in [0, 0.1) is 6.92 Å². The minimum Gasteiger partial charge on any atom is -0.497 e. The van der Waals surface area contributed by atoms with Gasteiger partial charge >= 0.3 is 12.0 Å². The molecule has 0 heterocycles. The molecule has 0 saturated carbocycles. The quantitative estimate of drug-likeness (QED) is 0.305. The second-order valence-corrected chi connectivity index (χ2v) is 9.82. The molecular weight excluding hydrogens is 498 g/mol. The molecule has 3 aromatic carbocycles. The SMILES string of the molecule is COc1ccc(C(=O)c2ccccc2N(CC(=O)OC(C)(C)C)C(=O)CNC(=O)Nc2cccc(C)c2)cc1. The molecule has 39 heavy (non-hydrogen) atoms. The smallest absolute Gasteiger partial charge is 0.326 e. The van der Waals surface area contributed by atoms with Crippen LogP contribution in [0.2, 0.25) is 0 Å². The van der Waals surface area contributed by atoms with Crippen molar-refractivity contribution in [1.82, 2.24) is 5.32 Å². The van der Waals surface area contributed by atoms with Gasteiger partial charge in [0.2, 0.25) is 5.91 Å². The lowest BCUT2D eigenvalue weighted by atomic mass is 10.0. The summed E-state index contributed by atoms with van der Waals surface area (Å²) >= 11 is 0. The predicted molar refractivity (Wildman–Crippen MR) is 149 cm³/mol. The van der Waals surface area contributed by atoms with E-state index in [-0.39, 0.29) is 17.0 Å². The maximum atomic E-state index is 13.4. The lowest BCUT2D eigenvalue weighted by Crippen LogP contribution is -2.45. The number of ether oxygens (including phenoxy) is 2. The predicted octanol–water partition coefficient (Wildman–Crippen LogP) is 4.73. The Labute approximate surface area is 228 Å². The van der Waals surface area contributed by atoms with Crippen LogP contribution >= 0.6 is 0 Å². The number of urea groups is 1. The average molecular weight is 532 g/mol. The Balaban J connectivity index is 1.86. The Morgan fingerprint density at radius 1 is 0.897 bits per heavy atom. The van der Waals surface area contributed by atoms with E-state index in [1.165, 1.54) is 7.11 Å². The summed E-state index contributed by atoms with van der Waals surface area (Å²) in [6.45, 7) is 6.17. The highest BCUT2D eigenvalue weighted by molar-refractivity contribution is 6.15.